The average Bonchev–Trinajstić information content (AvgIpc) is 2.92. The molecule has 0 aliphatic rings. The molecule has 2 rings (SSSR count). The second-order valence-corrected chi connectivity index (χ2v) is 10.7. The monoisotopic (exact) mass is 565 g/mol. The molecule has 0 aliphatic carbocycles. The van der Waals surface area contributed by atoms with Gasteiger partial charge in [-0.05, 0) is 47.9 Å². The van der Waals surface area contributed by atoms with Crippen LogP contribution >= 0.6 is 0 Å². The molecule has 0 fully saturated rings. The molecule has 4 N–H and O–H groups in total. The molecule has 11 heteroatoms. The van der Waals surface area contributed by atoms with Crippen LogP contribution in [0.2, 0.25) is 0 Å². The standard InChI is InChI=1S/C30H39N5O6/c1-19(2)14-25(28(38)33-24(27(37)17-32-31)16-21-10-12-23(36)13-11-21)34-29(39)26(15-20(3)4)35-30(40)41-18-22-8-6-5-7-9-22/h5-13,17,19-20,24-26,36H,14-16,18H2,1-4H3,(H,33,38)(H,34,39)(H,35,40)/t24-,25-,26-/m0/s1. The number of amides is 3. The molecule has 0 heterocycles. The maximum absolute atomic E-state index is 13.4. The van der Waals surface area contributed by atoms with Crippen molar-refractivity contribution in [2.45, 2.75) is 71.7 Å². The van der Waals surface area contributed by atoms with Crippen molar-refractivity contribution in [1.29, 1.82) is 0 Å². The van der Waals surface area contributed by atoms with Crippen molar-refractivity contribution in [3.63, 3.8) is 0 Å². The van der Waals surface area contributed by atoms with Gasteiger partial charge in [-0.1, -0.05) is 70.2 Å². The number of phenolic OH excluding ortho intramolecular Hbond substituents is 1. The third kappa shape index (κ3) is 12.0. The van der Waals surface area contributed by atoms with Crippen LogP contribution in [0.5, 0.6) is 5.75 Å². The summed E-state index contributed by atoms with van der Waals surface area (Å²) < 4.78 is 5.28. The lowest BCUT2D eigenvalue weighted by Gasteiger charge is -2.26. The van der Waals surface area contributed by atoms with Crippen LogP contribution in [0.3, 0.4) is 0 Å². The SMILES string of the molecule is CC(C)C[C@H](NC(=O)OCc1ccccc1)C(=O)N[C@@H](CC(C)C)C(=O)N[C@@H](Cc1ccc(O)cc1)C(=O)C=[N+]=[N-]. The summed E-state index contributed by atoms with van der Waals surface area (Å²) in [7, 11) is 0. The van der Waals surface area contributed by atoms with Gasteiger partial charge in [-0.3, -0.25) is 14.4 Å². The molecule has 0 radical (unpaired) electrons. The largest absolute Gasteiger partial charge is 0.508 e. The molecule has 2 aromatic carbocycles. The van der Waals surface area contributed by atoms with Crippen LogP contribution < -0.4 is 16.0 Å². The fraction of sp³-hybridized carbons (Fsp3) is 0.433. The molecule has 3 atom stereocenters. The van der Waals surface area contributed by atoms with E-state index in [-0.39, 0.29) is 37.0 Å². The van der Waals surface area contributed by atoms with Gasteiger partial charge in [-0.2, -0.15) is 4.79 Å². The maximum atomic E-state index is 13.4. The second kappa shape index (κ2) is 16.6. The van der Waals surface area contributed by atoms with Crippen LogP contribution in [0.4, 0.5) is 4.79 Å². The van der Waals surface area contributed by atoms with E-state index < -0.39 is 41.8 Å². The first-order chi connectivity index (χ1) is 19.5. The molecular weight excluding hydrogens is 526 g/mol. The molecule has 0 aliphatic heterocycles. The van der Waals surface area contributed by atoms with E-state index in [1.807, 2.05) is 58.0 Å². The topological polar surface area (TPSA) is 170 Å². The lowest BCUT2D eigenvalue weighted by atomic mass is 9.98. The number of Topliss-reactive ketones (excluding diaryl/α,β-unsaturated/α-hetero) is 1. The van der Waals surface area contributed by atoms with Crippen LogP contribution in [-0.2, 0) is 32.1 Å². The highest BCUT2D eigenvalue weighted by Crippen LogP contribution is 2.13. The van der Waals surface area contributed by atoms with Gasteiger partial charge >= 0.3 is 12.3 Å². The lowest BCUT2D eigenvalue weighted by molar-refractivity contribution is -0.132. The van der Waals surface area contributed by atoms with Gasteiger partial charge in [-0.15, -0.1) is 0 Å². The summed E-state index contributed by atoms with van der Waals surface area (Å²) in [4.78, 5) is 54.6. The first kappa shape index (κ1) is 32.7. The average molecular weight is 566 g/mol. The molecular formula is C30H39N5O6. The quantitative estimate of drug-likeness (QED) is 0.147. The van der Waals surface area contributed by atoms with Gasteiger partial charge in [0.15, 0.2) is 0 Å². The van der Waals surface area contributed by atoms with E-state index in [2.05, 4.69) is 20.7 Å². The molecule has 3 amide bonds. The summed E-state index contributed by atoms with van der Waals surface area (Å²) in [5.74, 6) is -1.72. The molecule has 11 nitrogen and oxygen atoms in total. The van der Waals surface area contributed by atoms with Crippen LogP contribution in [0, 0.1) is 11.8 Å². The predicted octanol–water partition coefficient (Wildman–Crippen LogP) is 3.16. The van der Waals surface area contributed by atoms with E-state index in [0.29, 0.717) is 18.2 Å². The number of nitrogens with zero attached hydrogens (tertiary/aromatic N) is 2. The minimum absolute atomic E-state index is 0.00338. The van der Waals surface area contributed by atoms with Crippen molar-refractivity contribution in [3.05, 3.63) is 71.3 Å². The molecule has 2 aromatic rings. The van der Waals surface area contributed by atoms with Crippen molar-refractivity contribution in [2.24, 2.45) is 11.8 Å². The van der Waals surface area contributed by atoms with Crippen molar-refractivity contribution >= 4 is 29.9 Å². The van der Waals surface area contributed by atoms with Crippen LogP contribution in [0.15, 0.2) is 54.6 Å². The summed E-state index contributed by atoms with van der Waals surface area (Å²) in [6, 6.07) is 12.2. The molecule has 0 saturated carbocycles. The van der Waals surface area contributed by atoms with Crippen LogP contribution in [0.25, 0.3) is 5.53 Å². The zero-order valence-corrected chi connectivity index (χ0v) is 23.9. The molecule has 41 heavy (non-hydrogen) atoms. The number of phenols is 1. The Morgan fingerprint density at radius 3 is 1.88 bits per heavy atom. The van der Waals surface area contributed by atoms with Gasteiger partial charge in [0.25, 0.3) is 5.78 Å². The Morgan fingerprint density at radius 1 is 0.805 bits per heavy atom. The smallest absolute Gasteiger partial charge is 0.408 e. The number of aromatic hydroxyl groups is 1. The molecule has 0 unspecified atom stereocenters. The van der Waals surface area contributed by atoms with Gasteiger partial charge in [-0.25, -0.2) is 4.79 Å². The van der Waals surface area contributed by atoms with E-state index in [9.17, 15) is 24.3 Å². The Hall–Kier alpha value is -4.50. The number of benzene rings is 2. The highest BCUT2D eigenvalue weighted by atomic mass is 16.5. The Kier molecular flexibility index (Phi) is 13.2. The minimum atomic E-state index is -1.09. The molecule has 0 spiro atoms. The summed E-state index contributed by atoms with van der Waals surface area (Å²) >= 11 is 0. The third-order valence-corrected chi connectivity index (χ3v) is 6.09. The van der Waals surface area contributed by atoms with Crippen molar-refractivity contribution in [1.82, 2.24) is 16.0 Å². The number of hydrogen-bond donors (Lipinski definition) is 4. The zero-order valence-electron chi connectivity index (χ0n) is 23.9. The summed E-state index contributed by atoms with van der Waals surface area (Å²) in [6.07, 6.45) is 0.563. The highest BCUT2D eigenvalue weighted by Gasteiger charge is 2.31. The zero-order chi connectivity index (χ0) is 30.4. The number of ether oxygens (including phenoxy) is 1. The summed E-state index contributed by atoms with van der Waals surface area (Å²) in [6.45, 7) is 7.60. The first-order valence-electron chi connectivity index (χ1n) is 13.6. The van der Waals surface area contributed by atoms with Crippen molar-refractivity contribution in [2.75, 3.05) is 0 Å². The number of carbonyl (C=O) groups excluding carboxylic acids is 4. The second-order valence-electron chi connectivity index (χ2n) is 10.7. The maximum Gasteiger partial charge on any atom is 0.408 e. The number of hydrogen-bond acceptors (Lipinski definition) is 6. The molecule has 220 valence electrons. The van der Waals surface area contributed by atoms with E-state index >= 15 is 0 Å². The number of carbonyl (C=O) groups is 4. The van der Waals surface area contributed by atoms with Crippen molar-refractivity contribution in [3.8, 4) is 5.75 Å². The highest BCUT2D eigenvalue weighted by molar-refractivity contribution is 6.28. The number of ketones is 1. The van der Waals surface area contributed by atoms with E-state index in [1.165, 1.54) is 12.1 Å². The predicted molar refractivity (Wildman–Crippen MR) is 153 cm³/mol. The molecule has 0 bridgehead atoms. The Bertz CT molecular complexity index is 1210. The summed E-state index contributed by atoms with van der Waals surface area (Å²) in [5.41, 5.74) is 10.3. The van der Waals surface area contributed by atoms with Crippen LogP contribution in [0.1, 0.15) is 51.7 Å². The Balaban J connectivity index is 2.15. The summed E-state index contributed by atoms with van der Waals surface area (Å²) in [5, 5.41) is 17.5. The van der Waals surface area contributed by atoms with E-state index in [4.69, 9.17) is 10.3 Å². The molecule has 0 aromatic heterocycles. The van der Waals surface area contributed by atoms with Gasteiger partial charge < -0.3 is 31.3 Å². The fourth-order valence-electron chi connectivity index (χ4n) is 4.09. The third-order valence-electron chi connectivity index (χ3n) is 6.09. The minimum Gasteiger partial charge on any atom is -0.508 e. The lowest BCUT2D eigenvalue weighted by Crippen LogP contribution is -2.56. The fourth-order valence-corrected chi connectivity index (χ4v) is 4.09. The number of nitrogens with one attached hydrogen (secondary N) is 3. The molecule has 0 saturated heterocycles. The number of alkyl carbamates (subject to hydrolysis) is 1. The van der Waals surface area contributed by atoms with Gasteiger partial charge in [0.05, 0.1) is 0 Å². The van der Waals surface area contributed by atoms with Gasteiger partial charge in [0, 0.05) is 6.42 Å². The Morgan fingerprint density at radius 2 is 1.34 bits per heavy atom. The Labute approximate surface area is 240 Å². The van der Waals surface area contributed by atoms with Gasteiger partial charge in [0.1, 0.15) is 30.5 Å². The first-order valence-corrected chi connectivity index (χ1v) is 13.6. The van der Waals surface area contributed by atoms with Crippen molar-refractivity contribution < 1.29 is 33.8 Å². The van der Waals surface area contributed by atoms with E-state index in [0.717, 1.165) is 5.56 Å². The van der Waals surface area contributed by atoms with Crippen LogP contribution in [-0.4, -0.2) is 57.9 Å². The normalized spacial score (nSPS) is 12.9. The number of rotatable bonds is 15. The van der Waals surface area contributed by atoms with Gasteiger partial charge in [0.2, 0.25) is 11.8 Å². The van der Waals surface area contributed by atoms with E-state index in [1.54, 1.807) is 12.1 Å².